The Balaban J connectivity index is 0.963. The smallest absolute Gasteiger partial charge is 0.132 e. The summed E-state index contributed by atoms with van der Waals surface area (Å²) < 4.78 is 6.71. The van der Waals surface area contributed by atoms with Crippen LogP contribution < -0.4 is 4.74 Å². The van der Waals surface area contributed by atoms with E-state index in [0.717, 1.165) is 33.8 Å². The molecular weight excluding hydrogens is 737 g/mol. The molecule has 1 spiro atoms. The number of ether oxygens (including phenoxy) is 1. The van der Waals surface area contributed by atoms with Crippen LogP contribution in [0.5, 0.6) is 11.5 Å². The monoisotopic (exact) mass is 774 g/mol. The van der Waals surface area contributed by atoms with Gasteiger partial charge in [-0.3, -0.25) is 0 Å². The SMILES string of the molecule is c1ccc(C2(c3ccccc3)c3ccccc3Oc3ccc(-c4ccc(-c5ccc6c(c5)C5(c7ccccc7-6)c6ccccc6-c6ccc7ccccc7c65)cc4)cc32)cc1. The average Bonchev–Trinajstić information content (AvgIpc) is 3.81. The summed E-state index contributed by atoms with van der Waals surface area (Å²) in [4.78, 5) is 0. The highest BCUT2D eigenvalue weighted by molar-refractivity contribution is 6.04. The first-order valence-electron chi connectivity index (χ1n) is 21.2. The minimum atomic E-state index is -0.566. The first-order chi connectivity index (χ1) is 30.2. The third kappa shape index (κ3) is 4.61. The number of benzene rings is 10. The van der Waals surface area contributed by atoms with Crippen LogP contribution >= 0.6 is 0 Å². The van der Waals surface area contributed by atoms with Gasteiger partial charge in [-0.15, -0.1) is 0 Å². The van der Waals surface area contributed by atoms with E-state index in [1.165, 1.54) is 77.5 Å². The second-order valence-corrected chi connectivity index (χ2v) is 16.7. The van der Waals surface area contributed by atoms with Gasteiger partial charge in [0.05, 0.1) is 10.8 Å². The molecule has 3 aliphatic rings. The fraction of sp³-hybridized carbons (Fsp3) is 0.0333. The molecule has 1 aliphatic heterocycles. The fourth-order valence-corrected chi connectivity index (χ4v) is 11.3. The maximum absolute atomic E-state index is 6.71. The van der Waals surface area contributed by atoms with E-state index in [0.29, 0.717) is 0 Å². The molecular formula is C60H38O. The summed E-state index contributed by atoms with van der Waals surface area (Å²) in [5.74, 6) is 1.76. The lowest BCUT2D eigenvalue weighted by molar-refractivity contribution is 0.434. The van der Waals surface area contributed by atoms with Crippen molar-refractivity contribution < 1.29 is 4.74 Å². The Morgan fingerprint density at radius 1 is 0.279 bits per heavy atom. The topological polar surface area (TPSA) is 9.23 Å². The molecule has 1 heteroatoms. The summed E-state index contributed by atoms with van der Waals surface area (Å²) in [6.45, 7) is 0. The highest BCUT2D eigenvalue weighted by Crippen LogP contribution is 2.64. The number of fused-ring (bicyclic) bond motifs is 14. The van der Waals surface area contributed by atoms with Crippen LogP contribution in [-0.4, -0.2) is 0 Å². The van der Waals surface area contributed by atoms with Gasteiger partial charge >= 0.3 is 0 Å². The zero-order valence-corrected chi connectivity index (χ0v) is 33.3. The van der Waals surface area contributed by atoms with E-state index in [-0.39, 0.29) is 0 Å². The van der Waals surface area contributed by atoms with Gasteiger partial charge in [-0.2, -0.15) is 0 Å². The lowest BCUT2D eigenvalue weighted by atomic mass is 9.63. The zero-order chi connectivity index (χ0) is 40.1. The van der Waals surface area contributed by atoms with Crippen LogP contribution in [0.15, 0.2) is 231 Å². The van der Waals surface area contributed by atoms with E-state index >= 15 is 0 Å². The molecule has 0 bridgehead atoms. The first-order valence-corrected chi connectivity index (χ1v) is 21.2. The highest BCUT2D eigenvalue weighted by atomic mass is 16.5. The van der Waals surface area contributed by atoms with Crippen LogP contribution in [0.25, 0.3) is 55.3 Å². The molecule has 0 saturated carbocycles. The molecule has 1 unspecified atom stereocenters. The summed E-state index contributed by atoms with van der Waals surface area (Å²) in [6, 6.07) is 85.1. The predicted octanol–water partition coefficient (Wildman–Crippen LogP) is 15.0. The van der Waals surface area contributed by atoms with Crippen molar-refractivity contribution in [3.05, 3.63) is 275 Å². The van der Waals surface area contributed by atoms with Gasteiger partial charge in [0.1, 0.15) is 11.5 Å². The fourth-order valence-electron chi connectivity index (χ4n) is 11.3. The molecule has 2 aliphatic carbocycles. The molecule has 10 aromatic rings. The Hall–Kier alpha value is -7.74. The van der Waals surface area contributed by atoms with Gasteiger partial charge in [-0.1, -0.05) is 206 Å². The standard InChI is InChI=1S/C60H38O/c1-3-16-44(17-4-1)59(45-18-5-2-6-19-45)53-25-13-14-26-56(53)61-57-36-33-43(38-55(57)59)40-29-27-39(28-30-40)42-32-34-49-47-21-9-11-23-51(47)60(54(49)37-42)52-24-12-10-22-48(52)50-35-31-41-15-7-8-20-46(41)58(50)60/h1-38H. The molecule has 0 fully saturated rings. The van der Waals surface area contributed by atoms with Crippen molar-refractivity contribution >= 4 is 10.8 Å². The number of hydrogen-bond acceptors (Lipinski definition) is 1. The van der Waals surface area contributed by atoms with Gasteiger partial charge < -0.3 is 4.74 Å². The van der Waals surface area contributed by atoms with E-state index in [1.54, 1.807) is 0 Å². The predicted molar refractivity (Wildman–Crippen MR) is 250 cm³/mol. The van der Waals surface area contributed by atoms with Crippen LogP contribution in [0, 0.1) is 0 Å². The Labute approximate surface area is 355 Å². The van der Waals surface area contributed by atoms with E-state index in [2.05, 4.69) is 231 Å². The quantitative estimate of drug-likeness (QED) is 0.173. The number of rotatable bonds is 4. The van der Waals surface area contributed by atoms with Crippen molar-refractivity contribution in [3.63, 3.8) is 0 Å². The second-order valence-electron chi connectivity index (χ2n) is 16.7. The Kier molecular flexibility index (Phi) is 7.21. The van der Waals surface area contributed by atoms with Crippen molar-refractivity contribution in [1.82, 2.24) is 0 Å². The van der Waals surface area contributed by atoms with Crippen molar-refractivity contribution in [2.45, 2.75) is 10.8 Å². The van der Waals surface area contributed by atoms with Crippen molar-refractivity contribution in [3.8, 4) is 56.0 Å². The summed E-state index contributed by atoms with van der Waals surface area (Å²) in [5, 5.41) is 2.59. The minimum Gasteiger partial charge on any atom is -0.457 e. The number of hydrogen-bond donors (Lipinski definition) is 0. The summed E-state index contributed by atoms with van der Waals surface area (Å²) >= 11 is 0. The lowest BCUT2D eigenvalue weighted by Gasteiger charge is -2.41. The van der Waals surface area contributed by atoms with Gasteiger partial charge in [-0.25, -0.2) is 0 Å². The lowest BCUT2D eigenvalue weighted by Crippen LogP contribution is -2.34. The number of para-hydroxylation sites is 1. The zero-order valence-electron chi connectivity index (χ0n) is 33.3. The first kappa shape index (κ1) is 34.2. The Morgan fingerprint density at radius 2 is 0.754 bits per heavy atom. The second kappa shape index (κ2) is 12.9. The normalized spacial score (nSPS) is 15.9. The molecule has 0 radical (unpaired) electrons. The Bertz CT molecular complexity index is 3330. The van der Waals surface area contributed by atoms with Crippen LogP contribution in [0.2, 0.25) is 0 Å². The summed E-state index contributed by atoms with van der Waals surface area (Å²) in [7, 11) is 0. The molecule has 1 heterocycles. The third-order valence-corrected chi connectivity index (χ3v) is 13.8. The molecule has 0 amide bonds. The largest absolute Gasteiger partial charge is 0.457 e. The molecule has 13 rings (SSSR count). The maximum atomic E-state index is 6.71. The third-order valence-electron chi connectivity index (χ3n) is 13.8. The molecule has 0 N–H and O–H groups in total. The molecule has 1 nitrogen and oxygen atoms in total. The molecule has 0 saturated heterocycles. The van der Waals surface area contributed by atoms with Crippen LogP contribution in [0.3, 0.4) is 0 Å². The van der Waals surface area contributed by atoms with E-state index in [9.17, 15) is 0 Å². The van der Waals surface area contributed by atoms with Crippen LogP contribution in [-0.2, 0) is 10.8 Å². The van der Waals surface area contributed by atoms with Gasteiger partial charge in [-0.05, 0) is 113 Å². The van der Waals surface area contributed by atoms with E-state index in [4.69, 9.17) is 4.74 Å². The van der Waals surface area contributed by atoms with E-state index in [1.807, 2.05) is 0 Å². The van der Waals surface area contributed by atoms with Gasteiger partial charge in [0.15, 0.2) is 0 Å². The van der Waals surface area contributed by atoms with Crippen molar-refractivity contribution in [1.29, 1.82) is 0 Å². The molecule has 10 aromatic carbocycles. The van der Waals surface area contributed by atoms with Crippen LogP contribution in [0.1, 0.15) is 44.5 Å². The molecule has 284 valence electrons. The average molecular weight is 775 g/mol. The van der Waals surface area contributed by atoms with Crippen molar-refractivity contribution in [2.24, 2.45) is 0 Å². The molecule has 0 aromatic heterocycles. The van der Waals surface area contributed by atoms with Gasteiger partial charge in [0.25, 0.3) is 0 Å². The van der Waals surface area contributed by atoms with Crippen LogP contribution in [0.4, 0.5) is 0 Å². The van der Waals surface area contributed by atoms with E-state index < -0.39 is 10.8 Å². The molecule has 1 atom stereocenters. The van der Waals surface area contributed by atoms with Gasteiger partial charge in [0, 0.05) is 11.1 Å². The van der Waals surface area contributed by atoms with Crippen molar-refractivity contribution in [2.75, 3.05) is 0 Å². The highest BCUT2D eigenvalue weighted by Gasteiger charge is 2.52. The summed E-state index contributed by atoms with van der Waals surface area (Å²) in [6.07, 6.45) is 0. The molecule has 61 heavy (non-hydrogen) atoms. The Morgan fingerprint density at radius 3 is 1.44 bits per heavy atom. The summed E-state index contributed by atoms with van der Waals surface area (Å²) in [5.41, 5.74) is 19.2. The van der Waals surface area contributed by atoms with Gasteiger partial charge in [0.2, 0.25) is 0 Å². The minimum absolute atomic E-state index is 0.428. The maximum Gasteiger partial charge on any atom is 0.132 e.